The molecule has 0 N–H and O–H groups in total. The zero-order valence-corrected chi connectivity index (χ0v) is 19.6. The first kappa shape index (κ1) is 22.2. The number of aryl methyl sites for hydroxylation is 2. The normalized spacial score (nSPS) is 21.0. The van der Waals surface area contributed by atoms with Crippen LogP contribution in [0.2, 0.25) is 5.02 Å². The summed E-state index contributed by atoms with van der Waals surface area (Å²) >= 11 is 6.51. The Labute approximate surface area is 191 Å². The van der Waals surface area contributed by atoms with Gasteiger partial charge in [-0.3, -0.25) is 9.69 Å². The van der Waals surface area contributed by atoms with Gasteiger partial charge in [0.25, 0.3) is 5.91 Å². The van der Waals surface area contributed by atoms with E-state index in [-0.39, 0.29) is 12.0 Å². The zero-order chi connectivity index (χ0) is 22.0. The van der Waals surface area contributed by atoms with Crippen LogP contribution in [0, 0.1) is 19.8 Å². The molecule has 0 aromatic heterocycles. The number of amides is 1. The Kier molecular flexibility index (Phi) is 6.88. The van der Waals surface area contributed by atoms with E-state index in [1.807, 2.05) is 50.1 Å². The molecule has 0 unspecified atom stereocenters. The van der Waals surface area contributed by atoms with Crippen molar-refractivity contribution in [2.75, 3.05) is 26.7 Å². The number of nitrogens with zero attached hydrogens (tertiary/aromatic N) is 2. The molecule has 2 aromatic carbocycles. The molecule has 4 rings (SSSR count). The Bertz CT molecular complexity index is 933. The van der Waals surface area contributed by atoms with Gasteiger partial charge in [-0.2, -0.15) is 0 Å². The van der Waals surface area contributed by atoms with Crippen LogP contribution in [0.4, 0.5) is 0 Å². The van der Waals surface area contributed by atoms with Crippen LogP contribution in [-0.2, 0) is 6.54 Å². The number of hydrogen-bond donors (Lipinski definition) is 0. The van der Waals surface area contributed by atoms with E-state index >= 15 is 0 Å². The summed E-state index contributed by atoms with van der Waals surface area (Å²) in [5.41, 5.74) is 4.19. The highest BCUT2D eigenvalue weighted by Crippen LogP contribution is 2.34. The first-order chi connectivity index (χ1) is 14.9. The lowest BCUT2D eigenvalue weighted by Crippen LogP contribution is -2.42. The van der Waals surface area contributed by atoms with Gasteiger partial charge >= 0.3 is 0 Å². The highest BCUT2D eigenvalue weighted by molar-refractivity contribution is 6.31. The molecule has 0 atom stereocenters. The maximum Gasteiger partial charge on any atom is 0.253 e. The molecule has 1 aliphatic carbocycles. The number of ether oxygens (including phenoxy) is 1. The highest BCUT2D eigenvalue weighted by Gasteiger charge is 2.33. The minimum absolute atomic E-state index is 0.0993. The van der Waals surface area contributed by atoms with E-state index in [9.17, 15) is 4.79 Å². The Morgan fingerprint density at radius 2 is 1.87 bits per heavy atom. The van der Waals surface area contributed by atoms with Gasteiger partial charge in [-0.25, -0.2) is 0 Å². The van der Waals surface area contributed by atoms with E-state index in [1.165, 1.54) is 37.1 Å². The van der Waals surface area contributed by atoms with Crippen LogP contribution in [0.15, 0.2) is 36.4 Å². The van der Waals surface area contributed by atoms with E-state index in [0.717, 1.165) is 47.8 Å². The van der Waals surface area contributed by atoms with E-state index in [2.05, 4.69) is 17.0 Å². The minimum Gasteiger partial charge on any atom is -0.490 e. The third-order valence-electron chi connectivity index (χ3n) is 6.60. The van der Waals surface area contributed by atoms with Gasteiger partial charge in [0, 0.05) is 30.7 Å². The second kappa shape index (κ2) is 9.62. The van der Waals surface area contributed by atoms with E-state index < -0.39 is 0 Å². The van der Waals surface area contributed by atoms with Crippen LogP contribution in [0.25, 0.3) is 0 Å². The Hall–Kier alpha value is -2.04. The van der Waals surface area contributed by atoms with Gasteiger partial charge in [-0.15, -0.1) is 0 Å². The van der Waals surface area contributed by atoms with Crippen LogP contribution in [0.5, 0.6) is 5.75 Å². The number of rotatable bonds is 7. The Morgan fingerprint density at radius 1 is 1.13 bits per heavy atom. The lowest BCUT2D eigenvalue weighted by atomic mass is 9.82. The smallest absolute Gasteiger partial charge is 0.253 e. The second-order valence-electron chi connectivity index (χ2n) is 9.32. The lowest BCUT2D eigenvalue weighted by Gasteiger charge is -2.37. The number of likely N-dealkylation sites (tertiary alicyclic amines) is 1. The largest absolute Gasteiger partial charge is 0.490 e. The lowest BCUT2D eigenvalue weighted by molar-refractivity contribution is 0.0419. The molecule has 4 nitrogen and oxygen atoms in total. The summed E-state index contributed by atoms with van der Waals surface area (Å²) in [6.45, 7) is 8.07. The van der Waals surface area contributed by atoms with Crippen LogP contribution < -0.4 is 4.74 Å². The molecule has 2 aliphatic rings. The minimum atomic E-state index is 0.0993. The van der Waals surface area contributed by atoms with Crippen molar-refractivity contribution in [3.63, 3.8) is 0 Å². The molecular formula is C26H33ClN2O2. The molecule has 2 aromatic rings. The Balaban J connectivity index is 1.24. The summed E-state index contributed by atoms with van der Waals surface area (Å²) in [7, 11) is 1.90. The van der Waals surface area contributed by atoms with Crippen molar-refractivity contribution in [2.24, 2.45) is 5.92 Å². The fourth-order valence-corrected chi connectivity index (χ4v) is 4.98. The number of carbonyl (C=O) groups is 1. The fourth-order valence-electron chi connectivity index (χ4n) is 4.75. The van der Waals surface area contributed by atoms with Crippen molar-refractivity contribution in [1.82, 2.24) is 9.80 Å². The van der Waals surface area contributed by atoms with Crippen LogP contribution in [0.1, 0.15) is 52.7 Å². The third-order valence-corrected chi connectivity index (χ3v) is 6.96. The topological polar surface area (TPSA) is 32.8 Å². The quantitative estimate of drug-likeness (QED) is 0.571. The average molecular weight is 441 g/mol. The highest BCUT2D eigenvalue weighted by atomic mass is 35.5. The summed E-state index contributed by atoms with van der Waals surface area (Å²) in [6, 6.07) is 12.1. The SMILES string of the molecule is Cc1ccc(C(=O)N(C)CC2CC(Oc3ccc(CN4CCCC4)c(Cl)c3)C2)c(C)c1. The molecule has 2 fully saturated rings. The van der Waals surface area contributed by atoms with E-state index in [1.54, 1.807) is 0 Å². The monoisotopic (exact) mass is 440 g/mol. The summed E-state index contributed by atoms with van der Waals surface area (Å²) in [4.78, 5) is 17.1. The Morgan fingerprint density at radius 3 is 2.55 bits per heavy atom. The number of benzene rings is 2. The summed E-state index contributed by atoms with van der Waals surface area (Å²) < 4.78 is 6.14. The van der Waals surface area contributed by atoms with Crippen molar-refractivity contribution < 1.29 is 9.53 Å². The molecule has 0 bridgehead atoms. The summed E-state index contributed by atoms with van der Waals surface area (Å²) in [6.07, 6.45) is 4.71. The van der Waals surface area contributed by atoms with Crippen molar-refractivity contribution >= 4 is 17.5 Å². The van der Waals surface area contributed by atoms with Crippen molar-refractivity contribution in [1.29, 1.82) is 0 Å². The molecule has 0 radical (unpaired) electrons. The van der Waals surface area contributed by atoms with Gasteiger partial charge in [0.1, 0.15) is 5.75 Å². The predicted octanol–water partition coefficient (Wildman–Crippen LogP) is 5.48. The molecule has 1 amide bonds. The fraction of sp³-hybridized carbons (Fsp3) is 0.500. The third kappa shape index (κ3) is 5.42. The van der Waals surface area contributed by atoms with Gasteiger partial charge < -0.3 is 9.64 Å². The van der Waals surface area contributed by atoms with E-state index in [4.69, 9.17) is 16.3 Å². The number of carbonyl (C=O) groups excluding carboxylic acids is 1. The maximum absolute atomic E-state index is 12.8. The molecular weight excluding hydrogens is 408 g/mol. The maximum atomic E-state index is 12.8. The van der Waals surface area contributed by atoms with E-state index in [0.29, 0.717) is 5.92 Å². The van der Waals surface area contributed by atoms with Gasteiger partial charge in [0.05, 0.1) is 6.10 Å². The van der Waals surface area contributed by atoms with Crippen molar-refractivity contribution in [2.45, 2.75) is 52.2 Å². The van der Waals surface area contributed by atoms with Gasteiger partial charge in [-0.05, 0) is 87.9 Å². The molecule has 1 heterocycles. The number of halogens is 1. The standard InChI is InChI=1S/C26H33ClN2O2/c1-18-6-9-24(19(2)12-18)26(30)28(3)16-20-13-23(14-20)31-22-8-7-21(25(27)15-22)17-29-10-4-5-11-29/h6-9,12,15,20,23H,4-5,10-11,13-14,16-17H2,1-3H3. The molecule has 5 heteroatoms. The molecule has 31 heavy (non-hydrogen) atoms. The van der Waals surface area contributed by atoms with Crippen molar-refractivity contribution in [3.8, 4) is 5.75 Å². The molecule has 1 aliphatic heterocycles. The van der Waals surface area contributed by atoms with Gasteiger partial charge in [0.15, 0.2) is 0 Å². The predicted molar refractivity (Wildman–Crippen MR) is 126 cm³/mol. The first-order valence-electron chi connectivity index (χ1n) is 11.4. The van der Waals surface area contributed by atoms with Gasteiger partial charge in [-0.1, -0.05) is 35.4 Å². The molecule has 1 saturated carbocycles. The molecule has 166 valence electrons. The second-order valence-corrected chi connectivity index (χ2v) is 9.73. The number of hydrogen-bond acceptors (Lipinski definition) is 3. The van der Waals surface area contributed by atoms with Gasteiger partial charge in [0.2, 0.25) is 0 Å². The molecule has 0 spiro atoms. The van der Waals surface area contributed by atoms with Crippen molar-refractivity contribution in [3.05, 3.63) is 63.7 Å². The summed E-state index contributed by atoms with van der Waals surface area (Å²) in [5, 5.41) is 0.791. The van der Waals surface area contributed by atoms with Crippen LogP contribution in [-0.4, -0.2) is 48.5 Å². The van der Waals surface area contributed by atoms with Crippen LogP contribution in [0.3, 0.4) is 0 Å². The summed E-state index contributed by atoms with van der Waals surface area (Å²) in [5.74, 6) is 1.43. The molecule has 1 saturated heterocycles. The average Bonchev–Trinajstić information content (AvgIpc) is 3.21. The zero-order valence-electron chi connectivity index (χ0n) is 18.9. The first-order valence-corrected chi connectivity index (χ1v) is 11.8. The van der Waals surface area contributed by atoms with Crippen LogP contribution >= 0.6 is 11.6 Å².